The van der Waals surface area contributed by atoms with Gasteiger partial charge in [-0.1, -0.05) is 26.8 Å². The third-order valence-corrected chi connectivity index (χ3v) is 6.65. The zero-order valence-electron chi connectivity index (χ0n) is 19.2. The minimum atomic E-state index is -0.929. The molecule has 1 aliphatic heterocycles. The number of hydrogen-bond donors (Lipinski definition) is 3. The van der Waals surface area contributed by atoms with Crippen LogP contribution in [0.2, 0.25) is 0 Å². The highest BCUT2D eigenvalue weighted by Gasteiger charge is 2.56. The van der Waals surface area contributed by atoms with Crippen molar-refractivity contribution in [3.8, 4) is 0 Å². The van der Waals surface area contributed by atoms with E-state index in [0.29, 0.717) is 30.1 Å². The van der Waals surface area contributed by atoms with Crippen LogP contribution >= 0.6 is 0 Å². The molecule has 2 saturated carbocycles. The van der Waals surface area contributed by atoms with Crippen LogP contribution in [0.1, 0.15) is 58.4 Å². The van der Waals surface area contributed by atoms with Crippen molar-refractivity contribution in [1.82, 2.24) is 10.2 Å². The summed E-state index contributed by atoms with van der Waals surface area (Å²) in [5, 5.41) is 8.55. The fourth-order valence-electron chi connectivity index (χ4n) is 5.41. The van der Waals surface area contributed by atoms with Gasteiger partial charge in [0.05, 0.1) is 0 Å². The topological polar surface area (TPSA) is 108 Å². The number of aryl methyl sites for hydroxylation is 1. The van der Waals surface area contributed by atoms with Crippen molar-refractivity contribution in [3.63, 3.8) is 0 Å². The molecule has 1 aromatic rings. The molecule has 5 amide bonds. The van der Waals surface area contributed by atoms with Crippen LogP contribution in [0.25, 0.3) is 0 Å². The third-order valence-electron chi connectivity index (χ3n) is 6.65. The smallest absolute Gasteiger partial charge is 0.325 e. The van der Waals surface area contributed by atoms with Gasteiger partial charge in [-0.3, -0.25) is 19.3 Å². The zero-order chi connectivity index (χ0) is 23.3. The first-order chi connectivity index (χ1) is 15.0. The molecule has 1 saturated heterocycles. The largest absolute Gasteiger partial charge is 0.326 e. The van der Waals surface area contributed by atoms with Gasteiger partial charge in [0, 0.05) is 17.3 Å². The molecule has 1 aromatic carbocycles. The monoisotopic (exact) mass is 440 g/mol. The normalized spacial score (nSPS) is 26.8. The maximum atomic E-state index is 13.2. The molecule has 0 aromatic heterocycles. The van der Waals surface area contributed by atoms with Crippen LogP contribution in [0.4, 0.5) is 16.2 Å². The van der Waals surface area contributed by atoms with E-state index in [9.17, 15) is 19.2 Å². The summed E-state index contributed by atoms with van der Waals surface area (Å²) in [7, 11) is 0. The van der Waals surface area contributed by atoms with Gasteiger partial charge in [-0.25, -0.2) is 4.79 Å². The number of anilines is 2. The van der Waals surface area contributed by atoms with E-state index in [0.717, 1.165) is 29.7 Å². The van der Waals surface area contributed by atoms with Crippen LogP contribution in [0.15, 0.2) is 18.2 Å². The Hall–Kier alpha value is -2.90. The molecular formula is C24H32N4O4. The van der Waals surface area contributed by atoms with E-state index < -0.39 is 17.5 Å². The molecule has 1 heterocycles. The molecule has 8 heteroatoms. The van der Waals surface area contributed by atoms with E-state index in [1.54, 1.807) is 12.1 Å². The van der Waals surface area contributed by atoms with E-state index in [1.165, 1.54) is 0 Å². The molecule has 3 aliphatic rings. The molecule has 1 spiro atoms. The van der Waals surface area contributed by atoms with E-state index in [4.69, 9.17) is 0 Å². The van der Waals surface area contributed by atoms with Gasteiger partial charge in [-0.15, -0.1) is 0 Å². The van der Waals surface area contributed by atoms with Crippen LogP contribution < -0.4 is 16.0 Å². The van der Waals surface area contributed by atoms with Crippen molar-refractivity contribution in [1.29, 1.82) is 0 Å². The van der Waals surface area contributed by atoms with Gasteiger partial charge >= 0.3 is 6.03 Å². The summed E-state index contributed by atoms with van der Waals surface area (Å²) < 4.78 is 0. The number of amides is 5. The number of carbonyl (C=O) groups excluding carboxylic acids is 4. The number of benzene rings is 1. The summed E-state index contributed by atoms with van der Waals surface area (Å²) in [6.07, 6.45) is 3.95. The van der Waals surface area contributed by atoms with Gasteiger partial charge in [-0.2, -0.15) is 0 Å². The van der Waals surface area contributed by atoms with E-state index in [-0.39, 0.29) is 29.7 Å². The summed E-state index contributed by atoms with van der Waals surface area (Å²) in [6.45, 7) is 7.80. The first-order valence-electron chi connectivity index (χ1n) is 11.3. The lowest BCUT2D eigenvalue weighted by Gasteiger charge is -2.43. The number of nitrogens with one attached hydrogen (secondary N) is 3. The number of rotatable bonds is 5. The third kappa shape index (κ3) is 4.49. The molecule has 0 radical (unpaired) electrons. The Labute approximate surface area is 188 Å². The zero-order valence-corrected chi connectivity index (χ0v) is 19.2. The minimum Gasteiger partial charge on any atom is -0.326 e. The fraction of sp³-hybridized carbons (Fsp3) is 0.583. The molecule has 2 unspecified atom stereocenters. The Morgan fingerprint density at radius 1 is 1.16 bits per heavy atom. The molecule has 3 N–H and O–H groups in total. The lowest BCUT2D eigenvalue weighted by atomic mass is 9.64. The lowest BCUT2D eigenvalue weighted by molar-refractivity contribution is -0.136. The van der Waals surface area contributed by atoms with Gasteiger partial charge in [0.25, 0.3) is 5.91 Å². The lowest BCUT2D eigenvalue weighted by Crippen LogP contribution is -2.54. The average molecular weight is 441 g/mol. The van der Waals surface area contributed by atoms with E-state index in [1.807, 2.05) is 13.0 Å². The van der Waals surface area contributed by atoms with Gasteiger partial charge in [0.15, 0.2) is 0 Å². The second kappa shape index (κ2) is 7.90. The van der Waals surface area contributed by atoms with Gasteiger partial charge in [0.1, 0.15) is 12.1 Å². The quantitative estimate of drug-likeness (QED) is 0.610. The SMILES string of the molecule is Cc1ccc(NC(=O)C2CC2)cc1NC(=O)CN1C(=O)NC2(CC(C)CC(C)(C)C2)C1=O. The summed E-state index contributed by atoms with van der Waals surface area (Å²) in [5.41, 5.74) is 0.968. The highest BCUT2D eigenvalue weighted by atomic mass is 16.2. The van der Waals surface area contributed by atoms with Crippen molar-refractivity contribution in [2.75, 3.05) is 17.2 Å². The Balaban J connectivity index is 1.43. The Morgan fingerprint density at radius 3 is 2.53 bits per heavy atom. The van der Waals surface area contributed by atoms with Crippen molar-refractivity contribution in [3.05, 3.63) is 23.8 Å². The second-order valence-corrected chi connectivity index (χ2v) is 10.6. The number of hydrogen-bond acceptors (Lipinski definition) is 4. The van der Waals surface area contributed by atoms with Crippen LogP contribution in [0, 0.1) is 24.2 Å². The molecule has 4 rings (SSSR count). The van der Waals surface area contributed by atoms with Crippen molar-refractivity contribution < 1.29 is 19.2 Å². The van der Waals surface area contributed by atoms with Crippen LogP contribution in [0.5, 0.6) is 0 Å². The molecule has 8 nitrogen and oxygen atoms in total. The molecule has 3 fully saturated rings. The summed E-state index contributed by atoms with van der Waals surface area (Å²) in [6, 6.07) is 4.79. The standard InChI is InChI=1S/C24H32N4O4/c1-14-10-23(3,4)13-24(11-14)21(31)28(22(32)27-24)12-19(29)26-18-9-17(8-5-15(18)2)25-20(30)16-6-7-16/h5,8-9,14,16H,6-7,10-13H2,1-4H3,(H,25,30)(H,26,29)(H,27,32). The molecular weight excluding hydrogens is 408 g/mol. The second-order valence-electron chi connectivity index (χ2n) is 10.6. The predicted octanol–water partition coefficient (Wildman–Crippen LogP) is 3.42. The Bertz CT molecular complexity index is 984. The molecule has 2 aliphatic carbocycles. The highest BCUT2D eigenvalue weighted by Crippen LogP contribution is 2.46. The summed E-state index contributed by atoms with van der Waals surface area (Å²) in [5.74, 6) is -0.413. The Kier molecular flexibility index (Phi) is 5.51. The minimum absolute atomic E-state index is 0.0135. The van der Waals surface area contributed by atoms with Gasteiger partial charge < -0.3 is 16.0 Å². The number of carbonyl (C=O) groups is 4. The predicted molar refractivity (Wildman–Crippen MR) is 121 cm³/mol. The Morgan fingerprint density at radius 2 is 1.88 bits per heavy atom. The number of nitrogens with zero attached hydrogens (tertiary/aromatic N) is 1. The molecule has 172 valence electrons. The van der Waals surface area contributed by atoms with E-state index in [2.05, 4.69) is 36.7 Å². The van der Waals surface area contributed by atoms with Crippen molar-refractivity contribution >= 4 is 35.1 Å². The molecule has 2 atom stereocenters. The van der Waals surface area contributed by atoms with Crippen LogP contribution in [0.3, 0.4) is 0 Å². The summed E-state index contributed by atoms with van der Waals surface area (Å²) in [4.78, 5) is 51.7. The van der Waals surface area contributed by atoms with Crippen molar-refractivity contribution in [2.24, 2.45) is 17.3 Å². The maximum Gasteiger partial charge on any atom is 0.325 e. The first-order valence-corrected chi connectivity index (χ1v) is 11.3. The van der Waals surface area contributed by atoms with Crippen LogP contribution in [-0.4, -0.2) is 40.7 Å². The van der Waals surface area contributed by atoms with E-state index >= 15 is 0 Å². The van der Waals surface area contributed by atoms with Gasteiger partial charge in [0.2, 0.25) is 11.8 Å². The highest BCUT2D eigenvalue weighted by molar-refractivity contribution is 6.10. The molecule has 32 heavy (non-hydrogen) atoms. The number of imide groups is 1. The summed E-state index contributed by atoms with van der Waals surface area (Å²) >= 11 is 0. The van der Waals surface area contributed by atoms with Gasteiger partial charge in [-0.05, 0) is 68.1 Å². The molecule has 0 bridgehead atoms. The first kappa shape index (κ1) is 22.3. The van der Waals surface area contributed by atoms with Crippen LogP contribution in [-0.2, 0) is 14.4 Å². The fourth-order valence-corrected chi connectivity index (χ4v) is 5.41. The maximum absolute atomic E-state index is 13.2. The average Bonchev–Trinajstić information content (AvgIpc) is 3.49. The van der Waals surface area contributed by atoms with Crippen molar-refractivity contribution in [2.45, 2.75) is 65.3 Å². The number of urea groups is 1.